The first-order chi connectivity index (χ1) is 17.2. The summed E-state index contributed by atoms with van der Waals surface area (Å²) in [6.07, 6.45) is 5.35. The van der Waals surface area contributed by atoms with Crippen LogP contribution in [0, 0.1) is 6.92 Å². The number of likely N-dealkylation sites (N-methyl/N-ethyl adjacent to an activating group) is 1. The molecule has 3 aromatic rings. The van der Waals surface area contributed by atoms with E-state index in [2.05, 4.69) is 60.6 Å². The smallest absolute Gasteiger partial charge is 0.316 e. The molecule has 1 unspecified atom stereocenters. The van der Waals surface area contributed by atoms with Crippen molar-refractivity contribution in [3.63, 3.8) is 0 Å². The Balaban J connectivity index is 1.33. The van der Waals surface area contributed by atoms with Gasteiger partial charge in [-0.1, -0.05) is 36.4 Å². The number of ether oxygens (including phenoxy) is 2. The van der Waals surface area contributed by atoms with Crippen LogP contribution in [-0.4, -0.2) is 54.2 Å². The molecule has 0 aliphatic carbocycles. The lowest BCUT2D eigenvalue weighted by molar-refractivity contribution is 0.0252. The highest BCUT2D eigenvalue weighted by molar-refractivity contribution is 5.89. The van der Waals surface area contributed by atoms with Crippen molar-refractivity contribution in [3.05, 3.63) is 64.5 Å². The van der Waals surface area contributed by atoms with Crippen molar-refractivity contribution in [2.75, 3.05) is 33.3 Å². The average molecular weight is 473 g/mol. The normalized spacial score (nSPS) is 23.5. The van der Waals surface area contributed by atoms with Crippen molar-refractivity contribution in [2.24, 2.45) is 0 Å². The van der Waals surface area contributed by atoms with E-state index in [1.807, 2.05) is 0 Å². The summed E-state index contributed by atoms with van der Waals surface area (Å²) in [4.78, 5) is 12.4. The summed E-state index contributed by atoms with van der Waals surface area (Å²) in [5.41, 5.74) is 5.98. The van der Waals surface area contributed by atoms with Gasteiger partial charge in [0.1, 0.15) is 6.61 Å². The lowest BCUT2D eigenvalue weighted by atomic mass is 9.88. The highest BCUT2D eigenvalue weighted by atomic mass is 16.5. The summed E-state index contributed by atoms with van der Waals surface area (Å²) in [6.45, 7) is 6.61. The molecule has 0 radical (unpaired) electrons. The summed E-state index contributed by atoms with van der Waals surface area (Å²) in [5.74, 6) is 0.435. The van der Waals surface area contributed by atoms with Crippen LogP contribution in [0.25, 0.3) is 10.8 Å². The monoisotopic (exact) mass is 472 g/mol. The molecule has 0 bridgehead atoms. The first-order valence-electron chi connectivity index (χ1n) is 13.2. The molecule has 35 heavy (non-hydrogen) atoms. The first kappa shape index (κ1) is 22.9. The summed E-state index contributed by atoms with van der Waals surface area (Å²) >= 11 is 0. The Labute approximate surface area is 208 Å². The van der Waals surface area contributed by atoms with E-state index in [1.54, 1.807) is 0 Å². The Hall–Kier alpha value is -2.54. The number of rotatable bonds is 5. The van der Waals surface area contributed by atoms with Gasteiger partial charge in [-0.3, -0.25) is 0 Å². The fraction of sp³-hybridized carbons (Fsp3) is 0.517. The van der Waals surface area contributed by atoms with Gasteiger partial charge in [0.15, 0.2) is 0 Å². The van der Waals surface area contributed by atoms with E-state index in [0.29, 0.717) is 31.2 Å². The third-order valence-corrected chi connectivity index (χ3v) is 8.21. The van der Waals surface area contributed by atoms with E-state index in [1.165, 1.54) is 40.3 Å². The van der Waals surface area contributed by atoms with Crippen molar-refractivity contribution < 1.29 is 9.47 Å². The number of aryl methyl sites for hydroxylation is 1. The van der Waals surface area contributed by atoms with Crippen molar-refractivity contribution in [1.29, 1.82) is 0 Å². The van der Waals surface area contributed by atoms with Crippen LogP contribution < -0.4 is 10.1 Å². The molecule has 0 spiro atoms. The molecule has 0 saturated carbocycles. The van der Waals surface area contributed by atoms with Gasteiger partial charge in [-0.05, 0) is 81.2 Å². The number of aromatic nitrogens is 2. The van der Waals surface area contributed by atoms with E-state index in [0.717, 1.165) is 50.3 Å². The number of nitrogens with zero attached hydrogens (tertiary/aromatic N) is 3. The minimum Gasteiger partial charge on any atom is -0.462 e. The van der Waals surface area contributed by atoms with Crippen molar-refractivity contribution >= 4 is 10.8 Å². The van der Waals surface area contributed by atoms with Crippen LogP contribution in [0.3, 0.4) is 0 Å². The Bertz CT molecular complexity index is 1200. The maximum atomic E-state index is 6.54. The van der Waals surface area contributed by atoms with E-state index in [4.69, 9.17) is 19.4 Å². The molecule has 1 N–H and O–H groups in total. The molecular formula is C29H36N4O2. The number of hydrogen-bond acceptors (Lipinski definition) is 6. The van der Waals surface area contributed by atoms with Crippen LogP contribution >= 0.6 is 0 Å². The maximum Gasteiger partial charge on any atom is 0.316 e. The van der Waals surface area contributed by atoms with E-state index < -0.39 is 0 Å². The highest BCUT2D eigenvalue weighted by Crippen LogP contribution is 2.38. The minimum atomic E-state index is -0.0168. The van der Waals surface area contributed by atoms with Crippen LogP contribution in [0.2, 0.25) is 0 Å². The quantitative estimate of drug-likeness (QED) is 0.581. The van der Waals surface area contributed by atoms with Crippen LogP contribution in [0.1, 0.15) is 65.8 Å². The SMILES string of the molecule is Cc1cccc2cccc(C3Cc4nc(OC[C@@H]5CCCN5C)nc(C5CCNCC5)c4CO3)c12. The second-order valence-electron chi connectivity index (χ2n) is 10.5. The van der Waals surface area contributed by atoms with Crippen LogP contribution in [0.4, 0.5) is 0 Å². The molecule has 0 amide bonds. The zero-order valence-electron chi connectivity index (χ0n) is 20.9. The van der Waals surface area contributed by atoms with Gasteiger partial charge < -0.3 is 19.7 Å². The fourth-order valence-electron chi connectivity index (χ4n) is 6.16. The molecule has 3 aliphatic rings. The van der Waals surface area contributed by atoms with Crippen LogP contribution in [0.15, 0.2) is 36.4 Å². The molecule has 6 heteroatoms. The van der Waals surface area contributed by atoms with Gasteiger partial charge in [0, 0.05) is 23.9 Å². The lowest BCUT2D eigenvalue weighted by Crippen LogP contribution is -2.32. The zero-order chi connectivity index (χ0) is 23.8. The fourth-order valence-corrected chi connectivity index (χ4v) is 6.16. The van der Waals surface area contributed by atoms with Crippen molar-refractivity contribution in [2.45, 2.75) is 63.7 Å². The topological polar surface area (TPSA) is 59.5 Å². The summed E-state index contributed by atoms with van der Waals surface area (Å²) in [7, 11) is 2.18. The Morgan fingerprint density at radius 1 is 1.09 bits per heavy atom. The van der Waals surface area contributed by atoms with Crippen LogP contribution in [0.5, 0.6) is 6.01 Å². The molecule has 6 nitrogen and oxygen atoms in total. The molecule has 3 aliphatic heterocycles. The number of piperidine rings is 1. The molecule has 4 heterocycles. The van der Waals surface area contributed by atoms with Crippen molar-refractivity contribution in [3.8, 4) is 6.01 Å². The molecule has 2 aromatic carbocycles. The number of nitrogens with one attached hydrogen (secondary N) is 1. The Morgan fingerprint density at radius 2 is 1.91 bits per heavy atom. The maximum absolute atomic E-state index is 6.54. The van der Waals surface area contributed by atoms with Gasteiger partial charge in [0.05, 0.1) is 24.1 Å². The number of fused-ring (bicyclic) bond motifs is 2. The zero-order valence-corrected chi connectivity index (χ0v) is 20.9. The number of hydrogen-bond donors (Lipinski definition) is 1. The predicted octanol–water partition coefficient (Wildman–Crippen LogP) is 4.69. The van der Waals surface area contributed by atoms with E-state index in [9.17, 15) is 0 Å². The molecule has 2 saturated heterocycles. The number of likely N-dealkylation sites (tertiary alicyclic amines) is 1. The van der Waals surface area contributed by atoms with Gasteiger partial charge in [-0.25, -0.2) is 0 Å². The summed E-state index contributed by atoms with van der Waals surface area (Å²) < 4.78 is 12.8. The second kappa shape index (κ2) is 9.84. The molecule has 2 atom stereocenters. The van der Waals surface area contributed by atoms with Gasteiger partial charge in [-0.15, -0.1) is 0 Å². The summed E-state index contributed by atoms with van der Waals surface area (Å²) in [5, 5.41) is 6.05. The standard InChI is InChI=1S/C29H36N4O2/c1-19-6-3-7-20-8-4-10-23(27(19)20)26-16-25-24(18-34-26)28(21-11-13-30-14-12-21)32-29(31-25)35-17-22-9-5-15-33(22)2/h3-4,6-8,10,21-22,26,30H,5,9,11-18H2,1-2H3/t22-,26?/m0/s1. The van der Waals surface area contributed by atoms with E-state index >= 15 is 0 Å². The molecule has 1 aromatic heterocycles. The van der Waals surface area contributed by atoms with Gasteiger partial charge >= 0.3 is 6.01 Å². The number of benzene rings is 2. The predicted molar refractivity (Wildman–Crippen MR) is 138 cm³/mol. The van der Waals surface area contributed by atoms with Crippen molar-refractivity contribution in [1.82, 2.24) is 20.2 Å². The second-order valence-corrected chi connectivity index (χ2v) is 10.5. The highest BCUT2D eigenvalue weighted by Gasteiger charge is 2.31. The minimum absolute atomic E-state index is 0.0168. The third-order valence-electron chi connectivity index (χ3n) is 8.21. The molecule has 2 fully saturated rings. The van der Waals surface area contributed by atoms with Gasteiger partial charge in [-0.2, -0.15) is 9.97 Å². The summed E-state index contributed by atoms with van der Waals surface area (Å²) in [6, 6.07) is 14.0. The van der Waals surface area contributed by atoms with Gasteiger partial charge in [0.25, 0.3) is 0 Å². The van der Waals surface area contributed by atoms with Gasteiger partial charge in [0.2, 0.25) is 0 Å². The molecule has 184 valence electrons. The first-order valence-corrected chi connectivity index (χ1v) is 13.2. The van der Waals surface area contributed by atoms with E-state index in [-0.39, 0.29) is 6.10 Å². The largest absolute Gasteiger partial charge is 0.462 e. The lowest BCUT2D eigenvalue weighted by Gasteiger charge is -2.31. The third kappa shape index (κ3) is 4.55. The average Bonchev–Trinajstić information content (AvgIpc) is 3.31. The molecule has 6 rings (SSSR count). The Kier molecular flexibility index (Phi) is 6.44. The Morgan fingerprint density at radius 3 is 2.71 bits per heavy atom. The molecular weight excluding hydrogens is 436 g/mol. The van der Waals surface area contributed by atoms with Crippen LogP contribution in [-0.2, 0) is 17.8 Å².